The second-order valence-electron chi connectivity index (χ2n) is 5.95. The molecule has 4 aromatic rings. The number of carbonyl (C=O) groups is 1. The Bertz CT molecular complexity index is 1210. The summed E-state index contributed by atoms with van der Waals surface area (Å²) in [6, 6.07) is 5.48. The lowest BCUT2D eigenvalue weighted by Gasteiger charge is -2.10. The van der Waals surface area contributed by atoms with Gasteiger partial charge in [-0.1, -0.05) is 6.07 Å². The molecule has 0 saturated heterocycles. The van der Waals surface area contributed by atoms with Crippen LogP contribution in [0.15, 0.2) is 47.1 Å². The lowest BCUT2D eigenvalue weighted by atomic mass is 10.2. The van der Waals surface area contributed by atoms with Gasteiger partial charge in [0.15, 0.2) is 17.0 Å². The summed E-state index contributed by atoms with van der Waals surface area (Å²) in [5.41, 5.74) is 1.67. The number of amides is 1. The average Bonchev–Trinajstić information content (AvgIpc) is 3.40. The highest BCUT2D eigenvalue weighted by molar-refractivity contribution is 7.13. The van der Waals surface area contributed by atoms with Crippen LogP contribution in [0.4, 0.5) is 13.2 Å². The molecule has 4 heterocycles. The number of halogens is 3. The van der Waals surface area contributed by atoms with Crippen molar-refractivity contribution < 1.29 is 18.0 Å². The second kappa shape index (κ2) is 7.13. The third-order valence-electron chi connectivity index (χ3n) is 3.83. The first-order valence-electron chi connectivity index (χ1n) is 8.15. The lowest BCUT2D eigenvalue weighted by molar-refractivity contribution is -0.142. The minimum Gasteiger partial charge on any atom is -0.275 e. The Morgan fingerprint density at radius 3 is 2.83 bits per heavy atom. The Labute approximate surface area is 165 Å². The summed E-state index contributed by atoms with van der Waals surface area (Å²) in [6.45, 7) is 0. The first-order chi connectivity index (χ1) is 13.8. The van der Waals surface area contributed by atoms with Crippen LogP contribution in [0.25, 0.3) is 16.2 Å². The third kappa shape index (κ3) is 3.87. The molecule has 29 heavy (non-hydrogen) atoms. The molecule has 4 rings (SSSR count). The van der Waals surface area contributed by atoms with Crippen molar-refractivity contribution >= 4 is 29.1 Å². The van der Waals surface area contributed by atoms with Gasteiger partial charge >= 0.3 is 6.18 Å². The predicted octanol–water partition coefficient (Wildman–Crippen LogP) is 2.97. The number of aromatic nitrogens is 5. The Hall–Kier alpha value is -3.54. The monoisotopic (exact) mass is 419 g/mol. The summed E-state index contributed by atoms with van der Waals surface area (Å²) in [7, 11) is 1.72. The SMILES string of the molecule is Cn1cc(C=NNC(=O)c2cc3nc(-c4cccs4)cc(C(F)(F)F)n3n2)cn1. The summed E-state index contributed by atoms with van der Waals surface area (Å²) in [6.07, 6.45) is -0.112. The zero-order valence-corrected chi connectivity index (χ0v) is 15.6. The summed E-state index contributed by atoms with van der Waals surface area (Å²) in [5.74, 6) is -0.763. The number of hydrogen-bond donors (Lipinski definition) is 1. The van der Waals surface area contributed by atoms with Gasteiger partial charge in [-0.25, -0.2) is 14.9 Å². The van der Waals surface area contributed by atoms with Gasteiger partial charge in [0.2, 0.25) is 0 Å². The van der Waals surface area contributed by atoms with Crippen LogP contribution in [0.3, 0.4) is 0 Å². The Balaban J connectivity index is 1.67. The average molecular weight is 419 g/mol. The maximum atomic E-state index is 13.5. The van der Waals surface area contributed by atoms with Gasteiger partial charge in [-0.05, 0) is 17.5 Å². The van der Waals surface area contributed by atoms with Crippen LogP contribution in [0.2, 0.25) is 0 Å². The molecular weight excluding hydrogens is 407 g/mol. The van der Waals surface area contributed by atoms with Crippen LogP contribution in [0, 0.1) is 0 Å². The molecule has 1 amide bonds. The molecule has 0 unspecified atom stereocenters. The van der Waals surface area contributed by atoms with Gasteiger partial charge in [-0.2, -0.15) is 28.5 Å². The van der Waals surface area contributed by atoms with Gasteiger partial charge in [0.05, 0.1) is 23.0 Å². The zero-order chi connectivity index (χ0) is 20.6. The van der Waals surface area contributed by atoms with Crippen molar-refractivity contribution in [2.24, 2.45) is 12.1 Å². The molecular formula is C17H12F3N7OS. The van der Waals surface area contributed by atoms with E-state index in [9.17, 15) is 18.0 Å². The molecule has 0 spiro atoms. The number of thiophene rings is 1. The number of fused-ring (bicyclic) bond motifs is 1. The van der Waals surface area contributed by atoms with Crippen LogP contribution in [0.1, 0.15) is 21.7 Å². The van der Waals surface area contributed by atoms with E-state index in [1.54, 1.807) is 35.4 Å². The Kier molecular flexibility index (Phi) is 4.62. The zero-order valence-electron chi connectivity index (χ0n) is 14.8. The van der Waals surface area contributed by atoms with Crippen molar-refractivity contribution in [3.63, 3.8) is 0 Å². The predicted molar refractivity (Wildman–Crippen MR) is 99.6 cm³/mol. The lowest BCUT2D eigenvalue weighted by Crippen LogP contribution is -2.19. The van der Waals surface area contributed by atoms with E-state index in [1.807, 2.05) is 0 Å². The molecule has 0 fully saturated rings. The van der Waals surface area contributed by atoms with Crippen molar-refractivity contribution in [3.05, 3.63) is 59.0 Å². The van der Waals surface area contributed by atoms with Crippen molar-refractivity contribution in [2.45, 2.75) is 6.18 Å². The number of carbonyl (C=O) groups excluding carboxylic acids is 1. The molecule has 0 aliphatic rings. The number of hydrazone groups is 1. The van der Waals surface area contributed by atoms with Gasteiger partial charge in [0.1, 0.15) is 0 Å². The minimum absolute atomic E-state index is 0.0930. The van der Waals surface area contributed by atoms with Crippen LogP contribution >= 0.6 is 11.3 Å². The quantitative estimate of drug-likeness (QED) is 0.407. The number of rotatable bonds is 4. The molecule has 148 valence electrons. The van der Waals surface area contributed by atoms with E-state index >= 15 is 0 Å². The molecule has 12 heteroatoms. The van der Waals surface area contributed by atoms with Crippen molar-refractivity contribution in [2.75, 3.05) is 0 Å². The maximum Gasteiger partial charge on any atom is 0.433 e. The smallest absolute Gasteiger partial charge is 0.275 e. The van der Waals surface area contributed by atoms with Crippen LogP contribution in [-0.2, 0) is 13.2 Å². The highest BCUT2D eigenvalue weighted by Crippen LogP contribution is 2.33. The second-order valence-corrected chi connectivity index (χ2v) is 6.90. The molecule has 0 aliphatic heterocycles. The summed E-state index contributed by atoms with van der Waals surface area (Å²) < 4.78 is 42.7. The van der Waals surface area contributed by atoms with Gasteiger partial charge in [-0.3, -0.25) is 9.48 Å². The maximum absolute atomic E-state index is 13.5. The molecule has 0 saturated carbocycles. The third-order valence-corrected chi connectivity index (χ3v) is 4.72. The van der Waals surface area contributed by atoms with E-state index in [-0.39, 0.29) is 17.0 Å². The number of alkyl halides is 3. The molecule has 8 nitrogen and oxygen atoms in total. The van der Waals surface area contributed by atoms with Crippen molar-refractivity contribution in [1.82, 2.24) is 29.8 Å². The van der Waals surface area contributed by atoms with Gasteiger partial charge in [-0.15, -0.1) is 11.3 Å². The van der Waals surface area contributed by atoms with E-state index in [0.29, 0.717) is 15.0 Å². The summed E-state index contributed by atoms with van der Waals surface area (Å²) in [5, 5.41) is 13.2. The highest BCUT2D eigenvalue weighted by atomic mass is 32.1. The first-order valence-corrected chi connectivity index (χ1v) is 9.03. The molecule has 0 atom stereocenters. The summed E-state index contributed by atoms with van der Waals surface area (Å²) >= 11 is 1.26. The Morgan fingerprint density at radius 1 is 1.34 bits per heavy atom. The van der Waals surface area contributed by atoms with E-state index in [1.165, 1.54) is 29.8 Å². The fourth-order valence-electron chi connectivity index (χ4n) is 2.57. The first kappa shape index (κ1) is 18.8. The number of nitrogens with one attached hydrogen (secondary N) is 1. The van der Waals surface area contributed by atoms with E-state index in [0.717, 1.165) is 6.07 Å². The largest absolute Gasteiger partial charge is 0.433 e. The standard InChI is InChI=1S/C17H12F3N7OS/c1-26-9-10(8-22-26)7-21-24-16(28)12-6-15-23-11(13-3-2-4-29-13)5-14(17(18,19)20)27(15)25-12/h2-9H,1H3,(H,24,28). The molecule has 0 aromatic carbocycles. The number of hydrogen-bond acceptors (Lipinski definition) is 6. The fourth-order valence-corrected chi connectivity index (χ4v) is 3.25. The fraction of sp³-hybridized carbons (Fsp3) is 0.118. The minimum atomic E-state index is -4.68. The van der Waals surface area contributed by atoms with E-state index in [4.69, 9.17) is 0 Å². The normalized spacial score (nSPS) is 12.1. The molecule has 0 radical (unpaired) electrons. The van der Waals surface area contributed by atoms with E-state index < -0.39 is 17.8 Å². The van der Waals surface area contributed by atoms with Crippen LogP contribution < -0.4 is 5.43 Å². The van der Waals surface area contributed by atoms with Crippen molar-refractivity contribution in [1.29, 1.82) is 0 Å². The Morgan fingerprint density at radius 2 is 2.17 bits per heavy atom. The summed E-state index contributed by atoms with van der Waals surface area (Å²) in [4.78, 5) is 17.0. The molecule has 0 bridgehead atoms. The highest BCUT2D eigenvalue weighted by Gasteiger charge is 2.35. The van der Waals surface area contributed by atoms with Crippen LogP contribution in [0.5, 0.6) is 0 Å². The molecule has 0 aliphatic carbocycles. The van der Waals surface area contributed by atoms with Crippen LogP contribution in [-0.4, -0.2) is 36.5 Å². The topological polar surface area (TPSA) is 89.5 Å². The van der Waals surface area contributed by atoms with Gasteiger partial charge < -0.3 is 0 Å². The number of aryl methyl sites for hydroxylation is 1. The van der Waals surface area contributed by atoms with Crippen molar-refractivity contribution in [3.8, 4) is 10.6 Å². The van der Waals surface area contributed by atoms with Gasteiger partial charge in [0, 0.05) is 24.9 Å². The molecule has 1 N–H and O–H groups in total. The van der Waals surface area contributed by atoms with E-state index in [2.05, 4.69) is 25.7 Å². The van der Waals surface area contributed by atoms with Gasteiger partial charge in [0.25, 0.3) is 5.91 Å². The molecule has 4 aromatic heterocycles. The number of nitrogens with zero attached hydrogens (tertiary/aromatic N) is 6.